The first-order valence-corrected chi connectivity index (χ1v) is 8.13. The van der Waals surface area contributed by atoms with Crippen molar-refractivity contribution in [2.24, 2.45) is 11.8 Å². The van der Waals surface area contributed by atoms with Crippen molar-refractivity contribution >= 4 is 17.9 Å². The number of rotatable bonds is 5. The Morgan fingerprint density at radius 1 is 1.33 bits per heavy atom. The molecule has 1 aromatic rings. The minimum Gasteiger partial charge on any atom is -0.381 e. The molecule has 4 nitrogen and oxygen atoms in total. The number of nitrogens with one attached hydrogen (secondary N) is 1. The highest BCUT2D eigenvalue weighted by atomic mass is 32.1. The van der Waals surface area contributed by atoms with Gasteiger partial charge in [0.2, 0.25) is 0 Å². The number of nitrogens with zero attached hydrogens (tertiary/aromatic N) is 2. The van der Waals surface area contributed by atoms with E-state index in [9.17, 15) is 5.26 Å². The maximum atomic E-state index is 9.32. The number of hydrogen-bond acceptors (Lipinski definition) is 4. The van der Waals surface area contributed by atoms with Gasteiger partial charge in [-0.1, -0.05) is 12.2 Å². The molecule has 2 fully saturated rings. The van der Waals surface area contributed by atoms with E-state index in [1.54, 1.807) is 0 Å². The molecule has 21 heavy (non-hydrogen) atoms. The molecule has 3 rings (SSSR count). The zero-order valence-electron chi connectivity index (χ0n) is 12.2. The van der Waals surface area contributed by atoms with Gasteiger partial charge < -0.3 is 14.6 Å². The van der Waals surface area contributed by atoms with Crippen molar-refractivity contribution in [1.29, 1.82) is 5.26 Å². The quantitative estimate of drug-likeness (QED) is 0.848. The molecule has 0 unspecified atom stereocenters. The summed E-state index contributed by atoms with van der Waals surface area (Å²) < 4.78 is 6.37. The van der Waals surface area contributed by atoms with Crippen LogP contribution < -0.4 is 4.90 Å². The van der Waals surface area contributed by atoms with Crippen LogP contribution in [0.4, 0.5) is 5.69 Å². The Kier molecular flexibility index (Phi) is 4.57. The lowest BCUT2D eigenvalue weighted by Gasteiger charge is -2.34. The van der Waals surface area contributed by atoms with Gasteiger partial charge in [0.05, 0.1) is 12.3 Å². The van der Waals surface area contributed by atoms with E-state index in [1.807, 2.05) is 12.3 Å². The molecular formula is C16H21N3OS. The maximum Gasteiger partial charge on any atom is 0.123 e. The van der Waals surface area contributed by atoms with Crippen molar-refractivity contribution in [3.05, 3.63) is 22.5 Å². The summed E-state index contributed by atoms with van der Waals surface area (Å²) in [5, 5.41) is 9.32. The van der Waals surface area contributed by atoms with Crippen LogP contribution in [0, 0.1) is 27.8 Å². The summed E-state index contributed by atoms with van der Waals surface area (Å²) in [5.41, 5.74) is 1.56. The highest BCUT2D eigenvalue weighted by Crippen LogP contribution is 2.30. The molecule has 0 amide bonds. The number of hydrogen-bond donors (Lipinski definition) is 1. The molecule has 0 bridgehead atoms. The van der Waals surface area contributed by atoms with Gasteiger partial charge in [-0.15, -0.1) is 0 Å². The van der Waals surface area contributed by atoms with Crippen LogP contribution in [0.5, 0.6) is 0 Å². The SMILES string of the molecule is N#Cc1c(N2CCC[C@H](COCC3CC3)C2)cc[nH]c1=S. The van der Waals surface area contributed by atoms with Gasteiger partial charge in [0.25, 0.3) is 0 Å². The van der Waals surface area contributed by atoms with Gasteiger partial charge >= 0.3 is 0 Å². The van der Waals surface area contributed by atoms with Crippen LogP contribution in [0.25, 0.3) is 0 Å². The average Bonchev–Trinajstić information content (AvgIpc) is 3.31. The number of anilines is 1. The number of nitriles is 1. The van der Waals surface area contributed by atoms with Crippen LogP contribution in [-0.2, 0) is 4.74 Å². The van der Waals surface area contributed by atoms with E-state index in [1.165, 1.54) is 19.3 Å². The molecular weight excluding hydrogens is 282 g/mol. The highest BCUT2D eigenvalue weighted by molar-refractivity contribution is 7.71. The molecule has 1 saturated carbocycles. The van der Waals surface area contributed by atoms with E-state index in [0.29, 0.717) is 16.1 Å². The summed E-state index contributed by atoms with van der Waals surface area (Å²) in [6, 6.07) is 4.19. The minimum absolute atomic E-state index is 0.530. The van der Waals surface area contributed by atoms with Crippen LogP contribution >= 0.6 is 12.2 Å². The van der Waals surface area contributed by atoms with E-state index in [-0.39, 0.29) is 0 Å². The van der Waals surface area contributed by atoms with Gasteiger partial charge in [0.15, 0.2) is 0 Å². The molecule has 2 aliphatic rings. The summed E-state index contributed by atoms with van der Waals surface area (Å²) >= 11 is 5.21. The molecule has 0 spiro atoms. The van der Waals surface area contributed by atoms with Crippen LogP contribution in [-0.4, -0.2) is 31.3 Å². The maximum absolute atomic E-state index is 9.32. The van der Waals surface area contributed by atoms with Crippen LogP contribution in [0.2, 0.25) is 0 Å². The molecule has 2 heterocycles. The van der Waals surface area contributed by atoms with E-state index >= 15 is 0 Å². The average molecular weight is 303 g/mol. The predicted molar refractivity (Wildman–Crippen MR) is 84.8 cm³/mol. The first kappa shape index (κ1) is 14.6. The van der Waals surface area contributed by atoms with Crippen molar-refractivity contribution in [2.75, 3.05) is 31.2 Å². The van der Waals surface area contributed by atoms with E-state index in [4.69, 9.17) is 17.0 Å². The van der Waals surface area contributed by atoms with Gasteiger partial charge in [-0.3, -0.25) is 0 Å². The third kappa shape index (κ3) is 3.63. The van der Waals surface area contributed by atoms with Crippen molar-refractivity contribution in [3.63, 3.8) is 0 Å². The third-order valence-electron chi connectivity index (χ3n) is 4.31. The lowest BCUT2D eigenvalue weighted by molar-refractivity contribution is 0.0859. The predicted octanol–water partition coefficient (Wildman–Crippen LogP) is 3.26. The largest absolute Gasteiger partial charge is 0.381 e. The molecule has 0 aromatic carbocycles. The standard InChI is InChI=1S/C16H21N3OS/c17-8-14-15(5-6-18-16(14)21)19-7-1-2-13(9-19)11-20-10-12-3-4-12/h5-6,12-13H,1-4,7,9-11H2,(H,18,21)/t13-/m0/s1. The van der Waals surface area contributed by atoms with Crippen molar-refractivity contribution in [3.8, 4) is 6.07 Å². The minimum atomic E-state index is 0.530. The second-order valence-electron chi connectivity index (χ2n) is 6.11. The first-order chi connectivity index (χ1) is 10.3. The second kappa shape index (κ2) is 6.59. The van der Waals surface area contributed by atoms with Crippen molar-refractivity contribution in [2.45, 2.75) is 25.7 Å². The van der Waals surface area contributed by atoms with Gasteiger partial charge in [-0.2, -0.15) is 5.26 Å². The molecule has 1 atom stereocenters. The zero-order valence-corrected chi connectivity index (χ0v) is 13.0. The lowest BCUT2D eigenvalue weighted by Crippen LogP contribution is -2.37. The van der Waals surface area contributed by atoms with Crippen LogP contribution in [0.15, 0.2) is 12.3 Å². The molecule has 1 aliphatic carbocycles. The zero-order chi connectivity index (χ0) is 14.7. The van der Waals surface area contributed by atoms with E-state index < -0.39 is 0 Å². The topological polar surface area (TPSA) is 52.1 Å². The lowest BCUT2D eigenvalue weighted by atomic mass is 9.98. The summed E-state index contributed by atoms with van der Waals surface area (Å²) in [7, 11) is 0. The summed E-state index contributed by atoms with van der Waals surface area (Å²) in [6.45, 7) is 3.72. The number of H-pyrrole nitrogens is 1. The van der Waals surface area contributed by atoms with Gasteiger partial charge in [0, 0.05) is 25.9 Å². The van der Waals surface area contributed by atoms with Crippen LogP contribution in [0.3, 0.4) is 0 Å². The molecule has 5 heteroatoms. The van der Waals surface area contributed by atoms with Gasteiger partial charge in [-0.25, -0.2) is 0 Å². The second-order valence-corrected chi connectivity index (χ2v) is 6.52. The number of aromatic amines is 1. The molecule has 112 valence electrons. The molecule has 1 saturated heterocycles. The summed E-state index contributed by atoms with van der Waals surface area (Å²) in [5.74, 6) is 1.38. The number of ether oxygens (including phenoxy) is 1. The van der Waals surface area contributed by atoms with E-state index in [2.05, 4.69) is 16.0 Å². The fraction of sp³-hybridized carbons (Fsp3) is 0.625. The van der Waals surface area contributed by atoms with E-state index in [0.717, 1.165) is 44.3 Å². The monoisotopic (exact) mass is 303 g/mol. The molecule has 1 aromatic heterocycles. The Labute approximate surface area is 130 Å². The first-order valence-electron chi connectivity index (χ1n) is 7.72. The van der Waals surface area contributed by atoms with Gasteiger partial charge in [-0.05, 0) is 43.6 Å². The Hall–Kier alpha value is -1.38. The molecule has 0 radical (unpaired) electrons. The van der Waals surface area contributed by atoms with Crippen molar-refractivity contribution < 1.29 is 4.74 Å². The Morgan fingerprint density at radius 3 is 2.90 bits per heavy atom. The number of piperidine rings is 1. The summed E-state index contributed by atoms with van der Waals surface area (Å²) in [4.78, 5) is 5.22. The Morgan fingerprint density at radius 2 is 2.14 bits per heavy atom. The molecule has 1 aliphatic heterocycles. The Bertz CT molecular complexity index is 588. The normalized spacial score (nSPS) is 22.0. The smallest absolute Gasteiger partial charge is 0.123 e. The fourth-order valence-electron chi connectivity index (χ4n) is 2.95. The number of aromatic nitrogens is 1. The highest BCUT2D eigenvalue weighted by Gasteiger charge is 2.25. The van der Waals surface area contributed by atoms with Gasteiger partial charge in [0.1, 0.15) is 16.3 Å². The van der Waals surface area contributed by atoms with Crippen molar-refractivity contribution in [1.82, 2.24) is 4.98 Å². The Balaban J connectivity index is 1.63. The molecule has 1 N–H and O–H groups in total. The fourth-order valence-corrected chi connectivity index (χ4v) is 3.16. The van der Waals surface area contributed by atoms with Crippen LogP contribution in [0.1, 0.15) is 31.2 Å². The summed E-state index contributed by atoms with van der Waals surface area (Å²) in [6.07, 6.45) is 6.86. The number of pyridine rings is 1. The third-order valence-corrected chi connectivity index (χ3v) is 4.64.